The van der Waals surface area contributed by atoms with E-state index < -0.39 is 39.1 Å². The third-order valence-corrected chi connectivity index (χ3v) is 6.91. The lowest BCUT2D eigenvalue weighted by Gasteiger charge is -2.10. The van der Waals surface area contributed by atoms with Gasteiger partial charge in [-0.25, -0.2) is 12.8 Å². The van der Waals surface area contributed by atoms with Gasteiger partial charge in [-0.15, -0.1) is 0 Å². The van der Waals surface area contributed by atoms with Gasteiger partial charge in [0, 0.05) is 11.8 Å². The fraction of sp³-hybridized carbons (Fsp3) is 0.130. The summed E-state index contributed by atoms with van der Waals surface area (Å²) in [5, 5.41) is 4.28. The summed E-state index contributed by atoms with van der Waals surface area (Å²) < 4.78 is 79.6. The first-order chi connectivity index (χ1) is 16.0. The van der Waals surface area contributed by atoms with Crippen LogP contribution in [0.3, 0.4) is 0 Å². The minimum Gasteiger partial charge on any atom is -0.294 e. The molecule has 176 valence electrons. The van der Waals surface area contributed by atoms with E-state index in [1.54, 1.807) is 12.1 Å². The van der Waals surface area contributed by atoms with E-state index in [0.717, 1.165) is 24.3 Å². The van der Waals surface area contributed by atoms with Crippen LogP contribution in [0.2, 0.25) is 5.02 Å². The molecule has 3 aromatic carbocycles. The number of ketones is 1. The average Bonchev–Trinajstić information content (AvgIpc) is 3.17. The molecule has 4 rings (SSSR count). The van der Waals surface area contributed by atoms with Gasteiger partial charge in [-0.2, -0.15) is 22.4 Å². The van der Waals surface area contributed by atoms with Crippen LogP contribution in [-0.4, -0.2) is 23.4 Å². The van der Waals surface area contributed by atoms with Crippen LogP contribution in [0.1, 0.15) is 27.0 Å². The summed E-state index contributed by atoms with van der Waals surface area (Å²) in [6.07, 6.45) is -3.57. The quantitative estimate of drug-likeness (QED) is 0.248. The number of benzene rings is 3. The first-order valence-electron chi connectivity index (χ1n) is 9.79. The highest BCUT2D eigenvalue weighted by atomic mass is 35.5. The Labute approximate surface area is 196 Å². The summed E-state index contributed by atoms with van der Waals surface area (Å²) >= 11 is 5.94. The zero-order chi connectivity index (χ0) is 24.7. The molecule has 34 heavy (non-hydrogen) atoms. The first kappa shape index (κ1) is 23.9. The number of aromatic nitrogens is 2. The molecule has 0 bridgehead atoms. The van der Waals surface area contributed by atoms with E-state index >= 15 is 0 Å². The second-order valence-electron chi connectivity index (χ2n) is 7.53. The molecule has 4 aromatic rings. The molecule has 0 aliphatic heterocycles. The summed E-state index contributed by atoms with van der Waals surface area (Å²) in [5.41, 5.74) is -0.767. The minimum absolute atomic E-state index is 0.0419. The fourth-order valence-electron chi connectivity index (χ4n) is 3.52. The number of hydrogen-bond donors (Lipinski definition) is 0. The fourth-order valence-corrected chi connectivity index (χ4v) is 5.16. The summed E-state index contributed by atoms with van der Waals surface area (Å²) in [5.74, 6) is -2.09. The molecule has 0 N–H and O–H groups in total. The molecule has 0 saturated carbocycles. The SMILES string of the molecule is O=C(Cc1ccc2cnn(S(=O)(=O)Cc3cccc(C(F)(F)F)c3)c2c1)c1c(F)cccc1Cl. The Morgan fingerprint density at radius 3 is 2.44 bits per heavy atom. The number of carbonyl (C=O) groups is 1. The Balaban J connectivity index is 1.65. The zero-order valence-electron chi connectivity index (χ0n) is 17.2. The van der Waals surface area contributed by atoms with Crippen LogP contribution in [0, 0.1) is 5.82 Å². The summed E-state index contributed by atoms with van der Waals surface area (Å²) in [6.45, 7) is 0. The molecule has 1 aromatic heterocycles. The zero-order valence-corrected chi connectivity index (χ0v) is 18.8. The molecule has 0 aliphatic rings. The first-order valence-corrected chi connectivity index (χ1v) is 11.8. The van der Waals surface area contributed by atoms with Crippen molar-refractivity contribution < 1.29 is 30.8 Å². The van der Waals surface area contributed by atoms with E-state index in [0.29, 0.717) is 15.0 Å². The van der Waals surface area contributed by atoms with Crippen LogP contribution in [0.15, 0.2) is 66.9 Å². The summed E-state index contributed by atoms with van der Waals surface area (Å²) in [6, 6.07) is 12.4. The van der Waals surface area contributed by atoms with Crippen molar-refractivity contribution in [2.45, 2.75) is 18.3 Å². The van der Waals surface area contributed by atoms with E-state index in [1.807, 2.05) is 0 Å². The molecule has 5 nitrogen and oxygen atoms in total. The third-order valence-electron chi connectivity index (χ3n) is 5.08. The van der Waals surface area contributed by atoms with E-state index in [-0.39, 0.29) is 28.1 Å². The van der Waals surface area contributed by atoms with Crippen molar-refractivity contribution in [3.8, 4) is 0 Å². The van der Waals surface area contributed by atoms with Crippen molar-refractivity contribution in [3.05, 3.63) is 100.0 Å². The van der Waals surface area contributed by atoms with Crippen molar-refractivity contribution >= 4 is 38.3 Å². The highest BCUT2D eigenvalue weighted by Gasteiger charge is 2.31. The van der Waals surface area contributed by atoms with Crippen LogP contribution >= 0.6 is 11.6 Å². The van der Waals surface area contributed by atoms with Crippen molar-refractivity contribution in [2.24, 2.45) is 0 Å². The molecule has 1 heterocycles. The van der Waals surface area contributed by atoms with Crippen LogP contribution in [0.25, 0.3) is 10.9 Å². The number of halogens is 5. The number of alkyl halides is 3. The third kappa shape index (κ3) is 4.83. The van der Waals surface area contributed by atoms with Crippen LogP contribution in [-0.2, 0) is 28.4 Å². The smallest absolute Gasteiger partial charge is 0.294 e. The van der Waals surface area contributed by atoms with E-state index in [2.05, 4.69) is 5.10 Å². The minimum atomic E-state index is -4.61. The number of hydrogen-bond acceptors (Lipinski definition) is 4. The van der Waals surface area contributed by atoms with Crippen LogP contribution in [0.4, 0.5) is 17.6 Å². The molecular formula is C23H15ClF4N2O3S. The lowest BCUT2D eigenvalue weighted by molar-refractivity contribution is -0.137. The molecule has 0 fully saturated rings. The summed E-state index contributed by atoms with van der Waals surface area (Å²) in [7, 11) is -4.20. The standard InChI is InChI=1S/C23H15ClF4N2O3S/c24-18-5-2-6-19(25)22(18)21(31)11-14-7-8-16-12-29-30(20(16)10-14)34(32,33)13-15-3-1-4-17(9-15)23(26,27)28/h1-10,12H,11,13H2. The van der Waals surface area contributed by atoms with Gasteiger partial charge in [-0.1, -0.05) is 48.0 Å². The lowest BCUT2D eigenvalue weighted by atomic mass is 10.0. The van der Waals surface area contributed by atoms with Gasteiger partial charge >= 0.3 is 6.18 Å². The van der Waals surface area contributed by atoms with Gasteiger partial charge in [0.2, 0.25) is 0 Å². The number of Topliss-reactive ketones (excluding diaryl/α,β-unsaturated/α-hetero) is 1. The largest absolute Gasteiger partial charge is 0.416 e. The molecule has 0 spiro atoms. The second-order valence-corrected chi connectivity index (χ2v) is 9.74. The predicted octanol–water partition coefficient (Wildman–Crippen LogP) is 5.65. The normalized spacial score (nSPS) is 12.3. The molecule has 0 amide bonds. The molecule has 0 atom stereocenters. The van der Waals surface area contributed by atoms with Crippen molar-refractivity contribution in [2.75, 3.05) is 0 Å². The molecule has 0 aliphatic carbocycles. The molecule has 0 unspecified atom stereocenters. The highest BCUT2D eigenvalue weighted by Crippen LogP contribution is 2.30. The number of carbonyl (C=O) groups excluding carboxylic acids is 1. The molecular weight excluding hydrogens is 496 g/mol. The second kappa shape index (κ2) is 8.84. The van der Waals surface area contributed by atoms with Crippen molar-refractivity contribution in [1.29, 1.82) is 0 Å². The lowest BCUT2D eigenvalue weighted by Crippen LogP contribution is -2.17. The maximum absolute atomic E-state index is 14.1. The van der Waals surface area contributed by atoms with E-state index in [4.69, 9.17) is 11.6 Å². The molecule has 0 radical (unpaired) electrons. The van der Waals surface area contributed by atoms with E-state index in [9.17, 15) is 30.8 Å². The molecule has 11 heteroatoms. The highest BCUT2D eigenvalue weighted by molar-refractivity contribution is 7.89. The Morgan fingerprint density at radius 1 is 1.00 bits per heavy atom. The Morgan fingerprint density at radius 2 is 1.74 bits per heavy atom. The Bertz CT molecular complexity index is 1490. The summed E-state index contributed by atoms with van der Waals surface area (Å²) in [4.78, 5) is 12.6. The number of fused-ring (bicyclic) bond motifs is 1. The van der Waals surface area contributed by atoms with Crippen molar-refractivity contribution in [3.63, 3.8) is 0 Å². The van der Waals surface area contributed by atoms with Gasteiger partial charge in [-0.05, 0) is 35.4 Å². The van der Waals surface area contributed by atoms with E-state index in [1.165, 1.54) is 30.5 Å². The predicted molar refractivity (Wildman–Crippen MR) is 119 cm³/mol. The van der Waals surface area contributed by atoms with Crippen molar-refractivity contribution in [1.82, 2.24) is 9.19 Å². The van der Waals surface area contributed by atoms with Crippen LogP contribution < -0.4 is 0 Å². The number of nitrogens with zero attached hydrogens (tertiary/aromatic N) is 2. The van der Waals surface area contributed by atoms with Gasteiger partial charge in [0.05, 0.1) is 33.6 Å². The van der Waals surface area contributed by atoms with Gasteiger partial charge in [-0.3, -0.25) is 4.79 Å². The maximum Gasteiger partial charge on any atom is 0.416 e. The van der Waals surface area contributed by atoms with Gasteiger partial charge in [0.25, 0.3) is 10.0 Å². The topological polar surface area (TPSA) is 69.0 Å². The monoisotopic (exact) mass is 510 g/mol. The van der Waals surface area contributed by atoms with Gasteiger partial charge in [0.15, 0.2) is 5.78 Å². The van der Waals surface area contributed by atoms with Crippen LogP contribution in [0.5, 0.6) is 0 Å². The average molecular weight is 511 g/mol. The maximum atomic E-state index is 14.1. The van der Waals surface area contributed by atoms with Gasteiger partial charge < -0.3 is 0 Å². The number of rotatable bonds is 6. The Hall–Kier alpha value is -3.24. The van der Waals surface area contributed by atoms with Gasteiger partial charge in [0.1, 0.15) is 5.82 Å². The molecule has 0 saturated heterocycles. The Kier molecular flexibility index (Phi) is 6.22.